The molecule has 138 valence electrons. The van der Waals surface area contributed by atoms with Crippen LogP contribution >= 0.6 is 22.9 Å². The number of carbonyl (C=O) groups is 1. The zero-order valence-electron chi connectivity index (χ0n) is 14.8. The van der Waals surface area contributed by atoms with Crippen LogP contribution in [0.4, 0.5) is 0 Å². The van der Waals surface area contributed by atoms with Crippen LogP contribution in [0.25, 0.3) is 11.3 Å². The number of Topliss-reactive ketones (excluding diaryl/α,β-unsaturated/α-hetero) is 1. The van der Waals surface area contributed by atoms with Gasteiger partial charge in [-0.15, -0.1) is 11.3 Å². The number of ketones is 1. The summed E-state index contributed by atoms with van der Waals surface area (Å²) < 4.78 is 6.08. The van der Waals surface area contributed by atoms with Gasteiger partial charge in [-0.2, -0.15) is 0 Å². The highest BCUT2D eigenvalue weighted by Crippen LogP contribution is 2.25. The van der Waals surface area contributed by atoms with Gasteiger partial charge < -0.3 is 9.42 Å². The fourth-order valence-electron chi connectivity index (χ4n) is 3.02. The minimum atomic E-state index is 0.0715. The second kappa shape index (κ2) is 7.66. The van der Waals surface area contributed by atoms with Gasteiger partial charge in [-0.3, -0.25) is 9.79 Å². The van der Waals surface area contributed by atoms with Crippen LogP contribution in [0.5, 0.6) is 0 Å². The van der Waals surface area contributed by atoms with Crippen molar-refractivity contribution in [3.8, 4) is 11.3 Å². The van der Waals surface area contributed by atoms with E-state index < -0.39 is 0 Å². The molecule has 3 aromatic rings. The van der Waals surface area contributed by atoms with Gasteiger partial charge in [-0.05, 0) is 12.1 Å². The van der Waals surface area contributed by atoms with Crippen LogP contribution in [0.1, 0.15) is 27.3 Å². The predicted molar refractivity (Wildman–Crippen MR) is 108 cm³/mol. The van der Waals surface area contributed by atoms with Gasteiger partial charge in [0.1, 0.15) is 5.84 Å². The fourth-order valence-corrected chi connectivity index (χ4v) is 4.03. The van der Waals surface area contributed by atoms with Gasteiger partial charge in [-0.25, -0.2) is 0 Å². The molecule has 27 heavy (non-hydrogen) atoms. The molecule has 0 atom stereocenters. The molecule has 2 aromatic heterocycles. The number of carbonyl (C=O) groups excluding carboxylic acids is 1. The summed E-state index contributed by atoms with van der Waals surface area (Å²) >= 11 is 7.19. The van der Waals surface area contributed by atoms with Gasteiger partial charge in [-0.1, -0.05) is 41.0 Å². The SMILES string of the molecule is CN1CCN=C1c1ccc(-c2cc(CCC(=O)c3ccc(Cl)s3)no2)cc1. The van der Waals surface area contributed by atoms with Crippen molar-refractivity contribution < 1.29 is 9.32 Å². The van der Waals surface area contributed by atoms with Gasteiger partial charge in [0.05, 0.1) is 21.5 Å². The third kappa shape index (κ3) is 3.96. The maximum Gasteiger partial charge on any atom is 0.173 e. The Morgan fingerprint density at radius 3 is 2.67 bits per heavy atom. The summed E-state index contributed by atoms with van der Waals surface area (Å²) in [7, 11) is 2.05. The largest absolute Gasteiger partial charge is 0.358 e. The first-order valence-electron chi connectivity index (χ1n) is 8.71. The number of thiophene rings is 1. The number of rotatable bonds is 6. The van der Waals surface area contributed by atoms with E-state index in [0.717, 1.165) is 35.7 Å². The Morgan fingerprint density at radius 2 is 2.00 bits per heavy atom. The second-order valence-electron chi connectivity index (χ2n) is 6.41. The zero-order valence-corrected chi connectivity index (χ0v) is 16.4. The molecule has 3 heterocycles. The number of aromatic nitrogens is 1. The summed E-state index contributed by atoms with van der Waals surface area (Å²) in [5.74, 6) is 1.79. The third-order valence-electron chi connectivity index (χ3n) is 4.50. The Balaban J connectivity index is 1.41. The molecule has 0 unspecified atom stereocenters. The molecule has 0 radical (unpaired) electrons. The molecule has 4 rings (SSSR count). The Kier molecular flexibility index (Phi) is 5.09. The third-order valence-corrected chi connectivity index (χ3v) is 5.77. The maximum atomic E-state index is 12.2. The van der Waals surface area contributed by atoms with Crippen LogP contribution in [0, 0.1) is 0 Å². The van der Waals surface area contributed by atoms with E-state index in [1.54, 1.807) is 12.1 Å². The number of halogens is 1. The molecular formula is C20H18ClN3O2S. The molecule has 5 nitrogen and oxygen atoms in total. The monoisotopic (exact) mass is 399 g/mol. The highest BCUT2D eigenvalue weighted by molar-refractivity contribution is 7.18. The lowest BCUT2D eigenvalue weighted by Crippen LogP contribution is -2.23. The highest BCUT2D eigenvalue weighted by atomic mass is 35.5. The van der Waals surface area contributed by atoms with Crippen molar-refractivity contribution in [3.05, 3.63) is 62.9 Å². The van der Waals surface area contributed by atoms with Gasteiger partial charge in [0.25, 0.3) is 0 Å². The number of nitrogens with zero attached hydrogens (tertiary/aromatic N) is 3. The van der Waals surface area contributed by atoms with E-state index in [1.165, 1.54) is 11.3 Å². The van der Waals surface area contributed by atoms with E-state index in [4.69, 9.17) is 16.1 Å². The molecule has 0 bridgehead atoms. The molecule has 0 amide bonds. The van der Waals surface area contributed by atoms with Crippen LogP contribution in [0.2, 0.25) is 4.34 Å². The first-order chi connectivity index (χ1) is 13.1. The molecule has 0 saturated heterocycles. The molecule has 1 aromatic carbocycles. The smallest absolute Gasteiger partial charge is 0.173 e. The lowest BCUT2D eigenvalue weighted by molar-refractivity contribution is 0.0986. The van der Waals surface area contributed by atoms with Gasteiger partial charge in [0.2, 0.25) is 0 Å². The van der Waals surface area contributed by atoms with E-state index >= 15 is 0 Å². The lowest BCUT2D eigenvalue weighted by Gasteiger charge is -2.13. The first-order valence-corrected chi connectivity index (χ1v) is 9.90. The summed E-state index contributed by atoms with van der Waals surface area (Å²) in [6.07, 6.45) is 0.922. The first kappa shape index (κ1) is 17.9. The van der Waals surface area contributed by atoms with E-state index in [9.17, 15) is 4.79 Å². The van der Waals surface area contributed by atoms with Gasteiger partial charge in [0, 0.05) is 43.6 Å². The molecule has 1 aliphatic rings. The Hall–Kier alpha value is -2.44. The number of hydrogen-bond acceptors (Lipinski definition) is 6. The fraction of sp³-hybridized carbons (Fsp3) is 0.250. The molecule has 0 fully saturated rings. The topological polar surface area (TPSA) is 58.7 Å². The van der Waals surface area contributed by atoms with E-state index in [-0.39, 0.29) is 5.78 Å². The van der Waals surface area contributed by atoms with Gasteiger partial charge >= 0.3 is 0 Å². The molecule has 0 aliphatic carbocycles. The number of benzene rings is 1. The average molecular weight is 400 g/mol. The van der Waals surface area contributed by atoms with Crippen LogP contribution in [-0.4, -0.2) is 41.8 Å². The Labute approximate surface area is 166 Å². The minimum Gasteiger partial charge on any atom is -0.358 e. The lowest BCUT2D eigenvalue weighted by atomic mass is 10.1. The summed E-state index contributed by atoms with van der Waals surface area (Å²) in [6.45, 7) is 1.80. The van der Waals surface area contributed by atoms with Crippen LogP contribution in [0.3, 0.4) is 0 Å². The Morgan fingerprint density at radius 1 is 1.22 bits per heavy atom. The van der Waals surface area contributed by atoms with E-state index in [0.29, 0.717) is 27.8 Å². The summed E-state index contributed by atoms with van der Waals surface area (Å²) in [4.78, 5) is 19.5. The van der Waals surface area contributed by atoms with Crippen molar-refractivity contribution in [1.82, 2.24) is 10.1 Å². The van der Waals surface area contributed by atoms with Crippen molar-refractivity contribution >= 4 is 34.6 Å². The Bertz CT molecular complexity index is 991. The van der Waals surface area contributed by atoms with Crippen LogP contribution < -0.4 is 0 Å². The van der Waals surface area contributed by atoms with Crippen molar-refractivity contribution in [2.45, 2.75) is 12.8 Å². The van der Waals surface area contributed by atoms with Crippen LogP contribution in [-0.2, 0) is 6.42 Å². The number of aryl methyl sites for hydroxylation is 1. The maximum absolute atomic E-state index is 12.2. The molecule has 0 saturated carbocycles. The van der Waals surface area contributed by atoms with Crippen molar-refractivity contribution in [2.24, 2.45) is 4.99 Å². The standard InChI is InChI=1S/C20H18ClN3O2S/c1-24-11-10-22-20(24)14-4-2-13(3-5-14)17-12-15(23-26-17)6-7-16(25)18-8-9-19(21)27-18/h2-5,8-9,12H,6-7,10-11H2,1H3. The molecular weight excluding hydrogens is 382 g/mol. The minimum absolute atomic E-state index is 0.0715. The molecule has 0 spiro atoms. The van der Waals surface area contributed by atoms with E-state index in [2.05, 4.69) is 15.0 Å². The van der Waals surface area contributed by atoms with Crippen molar-refractivity contribution in [3.63, 3.8) is 0 Å². The molecule has 7 heteroatoms. The summed E-state index contributed by atoms with van der Waals surface area (Å²) in [5, 5.41) is 4.09. The summed E-state index contributed by atoms with van der Waals surface area (Å²) in [6, 6.07) is 13.5. The quantitative estimate of drug-likeness (QED) is 0.570. The zero-order chi connectivity index (χ0) is 18.8. The van der Waals surface area contributed by atoms with Crippen molar-refractivity contribution in [1.29, 1.82) is 0 Å². The number of hydrogen-bond donors (Lipinski definition) is 0. The predicted octanol–water partition coefficient (Wildman–Crippen LogP) is 4.56. The van der Waals surface area contributed by atoms with Crippen molar-refractivity contribution in [2.75, 3.05) is 20.1 Å². The highest BCUT2D eigenvalue weighted by Gasteiger charge is 2.15. The second-order valence-corrected chi connectivity index (χ2v) is 8.13. The molecule has 0 N–H and O–H groups in total. The number of amidine groups is 1. The van der Waals surface area contributed by atoms with E-state index in [1.807, 2.05) is 37.4 Å². The molecule has 1 aliphatic heterocycles. The van der Waals surface area contributed by atoms with Gasteiger partial charge in [0.15, 0.2) is 11.5 Å². The number of aliphatic imine (C=N–C) groups is 1. The summed E-state index contributed by atoms with van der Waals surface area (Å²) in [5.41, 5.74) is 2.82. The average Bonchev–Trinajstić information content (AvgIpc) is 3.41. The van der Waals surface area contributed by atoms with Crippen LogP contribution in [0.15, 0.2) is 52.0 Å². The number of likely N-dealkylation sites (N-methyl/N-ethyl adjacent to an activating group) is 1. The normalized spacial score (nSPS) is 13.9.